The number of nitrogens with one attached hydrogen (secondary N) is 1. The van der Waals surface area contributed by atoms with E-state index in [0.29, 0.717) is 5.69 Å². The molecule has 0 saturated heterocycles. The van der Waals surface area contributed by atoms with E-state index in [1.807, 2.05) is 43.3 Å². The molecule has 3 rings (SSSR count). The van der Waals surface area contributed by atoms with Crippen molar-refractivity contribution in [2.24, 2.45) is 0 Å². The Hall–Kier alpha value is -2.53. The van der Waals surface area contributed by atoms with Crippen molar-refractivity contribution in [2.75, 3.05) is 5.32 Å². The number of carboxylic acids is 1. The maximum Gasteiger partial charge on any atom is 0.348 e. The number of aryl methyl sites for hydroxylation is 1. The summed E-state index contributed by atoms with van der Waals surface area (Å²) >= 11 is 1.23. The average Bonchev–Trinajstić information content (AvgIpc) is 3.10. The van der Waals surface area contributed by atoms with Crippen LogP contribution in [0.25, 0.3) is 10.4 Å². The van der Waals surface area contributed by atoms with Crippen molar-refractivity contribution >= 4 is 28.7 Å². The molecule has 0 aliphatic rings. The van der Waals surface area contributed by atoms with E-state index in [4.69, 9.17) is 4.42 Å². The van der Waals surface area contributed by atoms with Gasteiger partial charge in [0.25, 0.3) is 0 Å². The SMILES string of the molecule is Cc1ccccc1Nc1cc(-c2ccoc2)sc1C(=O)O. The Labute approximate surface area is 125 Å². The largest absolute Gasteiger partial charge is 0.477 e. The zero-order valence-electron chi connectivity index (χ0n) is 11.3. The van der Waals surface area contributed by atoms with E-state index in [1.165, 1.54) is 11.3 Å². The molecule has 0 spiro atoms. The number of benzene rings is 1. The molecule has 3 aromatic rings. The highest BCUT2D eigenvalue weighted by molar-refractivity contribution is 7.18. The van der Waals surface area contributed by atoms with Gasteiger partial charge in [-0.05, 0) is 30.7 Å². The Morgan fingerprint density at radius 1 is 1.24 bits per heavy atom. The Morgan fingerprint density at radius 3 is 2.71 bits per heavy atom. The molecule has 2 aromatic heterocycles. The standard InChI is InChI=1S/C16H13NO3S/c1-10-4-2-3-5-12(10)17-13-8-14(11-6-7-20-9-11)21-15(13)16(18)19/h2-9,17H,1H3,(H,18,19). The lowest BCUT2D eigenvalue weighted by Crippen LogP contribution is -1.99. The van der Waals surface area contributed by atoms with Gasteiger partial charge in [-0.2, -0.15) is 0 Å². The maximum absolute atomic E-state index is 11.4. The lowest BCUT2D eigenvalue weighted by Gasteiger charge is -2.08. The smallest absolute Gasteiger partial charge is 0.348 e. The summed E-state index contributed by atoms with van der Waals surface area (Å²) in [6.45, 7) is 1.98. The Bertz CT molecular complexity index is 775. The second-order valence-electron chi connectivity index (χ2n) is 4.61. The molecule has 0 saturated carbocycles. The van der Waals surface area contributed by atoms with Crippen LogP contribution in [0.5, 0.6) is 0 Å². The molecule has 0 bridgehead atoms. The van der Waals surface area contributed by atoms with Gasteiger partial charge in [0.1, 0.15) is 4.88 Å². The molecule has 5 heteroatoms. The molecule has 2 heterocycles. The van der Waals surface area contributed by atoms with Crippen molar-refractivity contribution in [3.05, 3.63) is 59.4 Å². The molecule has 0 atom stereocenters. The summed E-state index contributed by atoms with van der Waals surface area (Å²) in [6, 6.07) is 11.4. The molecule has 0 fully saturated rings. The normalized spacial score (nSPS) is 10.5. The van der Waals surface area contributed by atoms with Crippen molar-refractivity contribution in [3.63, 3.8) is 0 Å². The minimum Gasteiger partial charge on any atom is -0.477 e. The second-order valence-corrected chi connectivity index (χ2v) is 5.66. The lowest BCUT2D eigenvalue weighted by atomic mass is 10.2. The number of carboxylic acid groups (broad SMARTS) is 1. The molecular formula is C16H13NO3S. The third kappa shape index (κ3) is 2.68. The predicted octanol–water partition coefficient (Wildman–Crippen LogP) is 4.76. The molecule has 1 aromatic carbocycles. The van der Waals surface area contributed by atoms with E-state index in [-0.39, 0.29) is 4.88 Å². The zero-order valence-corrected chi connectivity index (χ0v) is 12.1. The van der Waals surface area contributed by atoms with Gasteiger partial charge >= 0.3 is 5.97 Å². The van der Waals surface area contributed by atoms with Crippen LogP contribution in [-0.2, 0) is 0 Å². The number of furan rings is 1. The van der Waals surface area contributed by atoms with Gasteiger partial charge in [-0.15, -0.1) is 11.3 Å². The summed E-state index contributed by atoms with van der Waals surface area (Å²) < 4.78 is 5.05. The van der Waals surface area contributed by atoms with Crippen LogP contribution in [0.2, 0.25) is 0 Å². The Morgan fingerprint density at radius 2 is 2.05 bits per heavy atom. The van der Waals surface area contributed by atoms with E-state index in [0.717, 1.165) is 21.7 Å². The molecule has 21 heavy (non-hydrogen) atoms. The van der Waals surface area contributed by atoms with Gasteiger partial charge < -0.3 is 14.8 Å². The van der Waals surface area contributed by atoms with Crippen molar-refractivity contribution in [1.29, 1.82) is 0 Å². The first-order valence-electron chi connectivity index (χ1n) is 6.37. The fourth-order valence-electron chi connectivity index (χ4n) is 2.05. The van der Waals surface area contributed by atoms with Gasteiger partial charge in [0.2, 0.25) is 0 Å². The number of carbonyl (C=O) groups is 1. The van der Waals surface area contributed by atoms with Crippen LogP contribution >= 0.6 is 11.3 Å². The van der Waals surface area contributed by atoms with Gasteiger partial charge in [-0.25, -0.2) is 4.79 Å². The van der Waals surface area contributed by atoms with Gasteiger partial charge in [-0.1, -0.05) is 18.2 Å². The van der Waals surface area contributed by atoms with Crippen LogP contribution in [0.3, 0.4) is 0 Å². The van der Waals surface area contributed by atoms with Gasteiger partial charge in [0.05, 0.1) is 18.2 Å². The van der Waals surface area contributed by atoms with E-state index < -0.39 is 5.97 Å². The molecule has 106 valence electrons. The third-order valence-corrected chi connectivity index (χ3v) is 4.32. The van der Waals surface area contributed by atoms with Crippen molar-refractivity contribution in [3.8, 4) is 10.4 Å². The van der Waals surface area contributed by atoms with Gasteiger partial charge in [0, 0.05) is 16.1 Å². The molecule has 2 N–H and O–H groups in total. The first kappa shape index (κ1) is 13.5. The minimum atomic E-state index is -0.939. The predicted molar refractivity (Wildman–Crippen MR) is 83.4 cm³/mol. The number of para-hydroxylation sites is 1. The first-order valence-corrected chi connectivity index (χ1v) is 7.19. The summed E-state index contributed by atoms with van der Waals surface area (Å²) in [5, 5.41) is 12.6. The third-order valence-electron chi connectivity index (χ3n) is 3.15. The Balaban J connectivity index is 2.01. The van der Waals surface area contributed by atoms with Crippen molar-refractivity contribution in [2.45, 2.75) is 6.92 Å². The molecule has 0 unspecified atom stereocenters. The van der Waals surface area contributed by atoms with E-state index in [1.54, 1.807) is 12.5 Å². The molecule has 4 nitrogen and oxygen atoms in total. The molecule has 0 amide bonds. The highest BCUT2D eigenvalue weighted by Gasteiger charge is 2.17. The van der Waals surface area contributed by atoms with E-state index in [2.05, 4.69) is 5.32 Å². The van der Waals surface area contributed by atoms with Crippen LogP contribution in [-0.4, -0.2) is 11.1 Å². The van der Waals surface area contributed by atoms with Crippen molar-refractivity contribution in [1.82, 2.24) is 0 Å². The summed E-state index contributed by atoms with van der Waals surface area (Å²) in [5.74, 6) is -0.939. The van der Waals surface area contributed by atoms with E-state index >= 15 is 0 Å². The molecule has 0 aliphatic carbocycles. The highest BCUT2D eigenvalue weighted by Crippen LogP contribution is 2.36. The number of aromatic carboxylic acids is 1. The maximum atomic E-state index is 11.4. The summed E-state index contributed by atoms with van der Waals surface area (Å²) in [6.07, 6.45) is 3.18. The highest BCUT2D eigenvalue weighted by atomic mass is 32.1. The fourth-order valence-corrected chi connectivity index (χ4v) is 2.99. The van der Waals surface area contributed by atoms with Crippen LogP contribution in [0.15, 0.2) is 53.3 Å². The first-order chi connectivity index (χ1) is 10.1. The molecule has 0 radical (unpaired) electrons. The number of hydrogen-bond acceptors (Lipinski definition) is 4. The quantitative estimate of drug-likeness (QED) is 0.729. The van der Waals surface area contributed by atoms with Crippen LogP contribution in [0.1, 0.15) is 15.2 Å². The van der Waals surface area contributed by atoms with Gasteiger partial charge in [0.15, 0.2) is 0 Å². The second kappa shape index (κ2) is 5.46. The molecular weight excluding hydrogens is 286 g/mol. The number of hydrogen-bond donors (Lipinski definition) is 2. The van der Waals surface area contributed by atoms with Gasteiger partial charge in [-0.3, -0.25) is 0 Å². The number of anilines is 2. The number of thiophene rings is 1. The van der Waals surface area contributed by atoms with Crippen LogP contribution in [0.4, 0.5) is 11.4 Å². The van der Waals surface area contributed by atoms with E-state index in [9.17, 15) is 9.90 Å². The lowest BCUT2D eigenvalue weighted by molar-refractivity contribution is 0.0703. The van der Waals surface area contributed by atoms with Crippen LogP contribution < -0.4 is 5.32 Å². The van der Waals surface area contributed by atoms with Crippen molar-refractivity contribution < 1.29 is 14.3 Å². The number of rotatable bonds is 4. The zero-order chi connectivity index (χ0) is 14.8. The molecule has 0 aliphatic heterocycles. The summed E-state index contributed by atoms with van der Waals surface area (Å²) in [4.78, 5) is 12.6. The minimum absolute atomic E-state index is 0.287. The average molecular weight is 299 g/mol. The Kier molecular flexibility index (Phi) is 3.50. The van der Waals surface area contributed by atoms with Crippen LogP contribution in [0, 0.1) is 6.92 Å². The topological polar surface area (TPSA) is 62.5 Å². The fraction of sp³-hybridized carbons (Fsp3) is 0.0625. The summed E-state index contributed by atoms with van der Waals surface area (Å²) in [5.41, 5.74) is 3.43. The monoisotopic (exact) mass is 299 g/mol. The summed E-state index contributed by atoms with van der Waals surface area (Å²) in [7, 11) is 0.